The first-order valence-electron chi connectivity index (χ1n) is 6.62. The SMILES string of the molecule is Cc1ccc(C(=O)N[C@H](CO)c2ccc(F)cc2)c(C)n1. The first kappa shape index (κ1) is 15.1. The maximum Gasteiger partial charge on any atom is 0.253 e. The number of aryl methyl sites for hydroxylation is 2. The summed E-state index contributed by atoms with van der Waals surface area (Å²) >= 11 is 0. The number of hydrogen-bond donors (Lipinski definition) is 2. The van der Waals surface area contributed by atoms with Gasteiger partial charge in [0.15, 0.2) is 0 Å². The predicted molar refractivity (Wildman–Crippen MR) is 77.4 cm³/mol. The molecule has 1 amide bonds. The summed E-state index contributed by atoms with van der Waals surface area (Å²) in [6.07, 6.45) is 0. The van der Waals surface area contributed by atoms with E-state index in [1.807, 2.05) is 6.92 Å². The van der Waals surface area contributed by atoms with Crippen molar-refractivity contribution < 1.29 is 14.3 Å². The Kier molecular flexibility index (Phi) is 4.65. The van der Waals surface area contributed by atoms with Gasteiger partial charge in [-0.15, -0.1) is 0 Å². The fourth-order valence-corrected chi connectivity index (χ4v) is 2.09. The quantitative estimate of drug-likeness (QED) is 0.907. The maximum absolute atomic E-state index is 12.9. The molecule has 0 bridgehead atoms. The molecule has 21 heavy (non-hydrogen) atoms. The number of benzene rings is 1. The van der Waals surface area contributed by atoms with E-state index < -0.39 is 6.04 Å². The van der Waals surface area contributed by atoms with Crippen LogP contribution < -0.4 is 5.32 Å². The van der Waals surface area contributed by atoms with Crippen molar-refractivity contribution in [3.8, 4) is 0 Å². The van der Waals surface area contributed by atoms with Crippen LogP contribution in [0.5, 0.6) is 0 Å². The van der Waals surface area contributed by atoms with E-state index in [2.05, 4.69) is 10.3 Å². The van der Waals surface area contributed by atoms with Crippen molar-refractivity contribution in [2.45, 2.75) is 19.9 Å². The first-order valence-corrected chi connectivity index (χ1v) is 6.62. The van der Waals surface area contributed by atoms with Gasteiger partial charge >= 0.3 is 0 Å². The highest BCUT2D eigenvalue weighted by molar-refractivity contribution is 5.95. The van der Waals surface area contributed by atoms with Crippen LogP contribution in [0.2, 0.25) is 0 Å². The van der Waals surface area contributed by atoms with Crippen LogP contribution in [0.4, 0.5) is 4.39 Å². The molecule has 0 aliphatic rings. The van der Waals surface area contributed by atoms with Crippen LogP contribution in [0.25, 0.3) is 0 Å². The lowest BCUT2D eigenvalue weighted by Gasteiger charge is -2.17. The van der Waals surface area contributed by atoms with Crippen molar-refractivity contribution in [2.75, 3.05) is 6.61 Å². The molecule has 2 aromatic rings. The van der Waals surface area contributed by atoms with Crippen LogP contribution in [-0.2, 0) is 0 Å². The van der Waals surface area contributed by atoms with Gasteiger partial charge in [0.1, 0.15) is 5.82 Å². The average Bonchev–Trinajstić information content (AvgIpc) is 2.45. The summed E-state index contributed by atoms with van der Waals surface area (Å²) in [4.78, 5) is 16.5. The molecule has 1 heterocycles. The molecule has 0 aliphatic heterocycles. The van der Waals surface area contributed by atoms with Crippen LogP contribution in [0.15, 0.2) is 36.4 Å². The highest BCUT2D eigenvalue weighted by Gasteiger charge is 2.17. The number of nitrogens with one attached hydrogen (secondary N) is 1. The van der Waals surface area contributed by atoms with E-state index in [-0.39, 0.29) is 18.3 Å². The summed E-state index contributed by atoms with van der Waals surface area (Å²) in [7, 11) is 0. The zero-order valence-electron chi connectivity index (χ0n) is 11.9. The van der Waals surface area contributed by atoms with Crippen molar-refractivity contribution in [1.82, 2.24) is 10.3 Å². The summed E-state index contributed by atoms with van der Waals surface area (Å²) in [6, 6.07) is 8.54. The molecule has 1 aromatic heterocycles. The van der Waals surface area contributed by atoms with Gasteiger partial charge in [-0.05, 0) is 43.7 Å². The van der Waals surface area contributed by atoms with Crippen LogP contribution >= 0.6 is 0 Å². The largest absolute Gasteiger partial charge is 0.394 e. The summed E-state index contributed by atoms with van der Waals surface area (Å²) < 4.78 is 12.9. The van der Waals surface area contributed by atoms with Gasteiger partial charge in [-0.2, -0.15) is 0 Å². The van der Waals surface area contributed by atoms with Gasteiger partial charge in [0, 0.05) is 5.69 Å². The summed E-state index contributed by atoms with van der Waals surface area (Å²) in [5.41, 5.74) is 2.57. The molecular formula is C16H17FN2O2. The average molecular weight is 288 g/mol. The normalized spacial score (nSPS) is 12.0. The Morgan fingerprint density at radius 2 is 1.90 bits per heavy atom. The third-order valence-electron chi connectivity index (χ3n) is 3.23. The first-order chi connectivity index (χ1) is 10.0. The zero-order chi connectivity index (χ0) is 15.4. The molecule has 2 N–H and O–H groups in total. The molecule has 5 heteroatoms. The number of amides is 1. The minimum atomic E-state index is -0.584. The molecule has 0 spiro atoms. The monoisotopic (exact) mass is 288 g/mol. The van der Waals surface area contributed by atoms with Crippen LogP contribution in [0, 0.1) is 19.7 Å². The third kappa shape index (κ3) is 3.64. The standard InChI is InChI=1S/C16H17FN2O2/c1-10-3-8-14(11(2)18-10)16(21)19-15(9-20)12-4-6-13(17)7-5-12/h3-8,15,20H,9H2,1-2H3,(H,19,21)/t15-/m1/s1. The molecular weight excluding hydrogens is 271 g/mol. The minimum Gasteiger partial charge on any atom is -0.394 e. The number of halogens is 1. The number of rotatable bonds is 4. The molecule has 4 nitrogen and oxygen atoms in total. The Morgan fingerprint density at radius 3 is 2.48 bits per heavy atom. The van der Waals surface area contributed by atoms with Gasteiger partial charge in [-0.3, -0.25) is 9.78 Å². The number of aliphatic hydroxyl groups is 1. The second kappa shape index (κ2) is 6.45. The second-order valence-electron chi connectivity index (χ2n) is 4.85. The van der Waals surface area contributed by atoms with Gasteiger partial charge in [0.25, 0.3) is 5.91 Å². The van der Waals surface area contributed by atoms with Crippen LogP contribution in [0.3, 0.4) is 0 Å². The van der Waals surface area contributed by atoms with E-state index in [9.17, 15) is 14.3 Å². The molecule has 0 aliphatic carbocycles. The number of hydrogen-bond acceptors (Lipinski definition) is 3. The minimum absolute atomic E-state index is 0.268. The van der Waals surface area contributed by atoms with Crippen LogP contribution in [-0.4, -0.2) is 22.6 Å². The smallest absolute Gasteiger partial charge is 0.253 e. The molecule has 0 unspecified atom stereocenters. The Bertz CT molecular complexity index is 641. The fourth-order valence-electron chi connectivity index (χ4n) is 2.09. The number of aromatic nitrogens is 1. The lowest BCUT2D eigenvalue weighted by molar-refractivity contribution is 0.0915. The molecule has 110 valence electrons. The van der Waals surface area contributed by atoms with E-state index in [1.165, 1.54) is 24.3 Å². The molecule has 1 atom stereocenters. The fraction of sp³-hybridized carbons (Fsp3) is 0.250. The Labute approximate surface area is 122 Å². The summed E-state index contributed by atoms with van der Waals surface area (Å²) in [5.74, 6) is -0.677. The number of carbonyl (C=O) groups is 1. The van der Waals surface area contributed by atoms with Crippen molar-refractivity contribution in [2.24, 2.45) is 0 Å². The van der Waals surface area contributed by atoms with E-state index in [0.29, 0.717) is 16.8 Å². The number of nitrogens with zero attached hydrogens (tertiary/aromatic N) is 1. The molecule has 1 aromatic carbocycles. The summed E-state index contributed by atoms with van der Waals surface area (Å²) in [6.45, 7) is 3.34. The van der Waals surface area contributed by atoms with E-state index in [0.717, 1.165) is 5.69 Å². The maximum atomic E-state index is 12.9. The molecule has 0 saturated heterocycles. The number of aliphatic hydroxyl groups excluding tert-OH is 1. The van der Waals surface area contributed by atoms with Gasteiger partial charge < -0.3 is 10.4 Å². The Morgan fingerprint density at radius 1 is 1.24 bits per heavy atom. The van der Waals surface area contributed by atoms with Gasteiger partial charge in [-0.25, -0.2) is 4.39 Å². The number of carbonyl (C=O) groups excluding carboxylic acids is 1. The molecule has 2 rings (SSSR count). The van der Waals surface area contributed by atoms with Gasteiger partial charge in [0.05, 0.1) is 23.9 Å². The van der Waals surface area contributed by atoms with Gasteiger partial charge in [-0.1, -0.05) is 12.1 Å². The topological polar surface area (TPSA) is 62.2 Å². The molecule has 0 fully saturated rings. The zero-order valence-corrected chi connectivity index (χ0v) is 11.9. The Hall–Kier alpha value is -2.27. The lowest BCUT2D eigenvalue weighted by Crippen LogP contribution is -2.31. The lowest BCUT2D eigenvalue weighted by atomic mass is 10.1. The predicted octanol–water partition coefficient (Wildman–Crippen LogP) is 2.30. The van der Waals surface area contributed by atoms with E-state index in [1.54, 1.807) is 19.1 Å². The molecule has 0 saturated carbocycles. The van der Waals surface area contributed by atoms with Crippen molar-refractivity contribution >= 4 is 5.91 Å². The van der Waals surface area contributed by atoms with Crippen LogP contribution in [0.1, 0.15) is 33.4 Å². The Balaban J connectivity index is 2.18. The summed E-state index contributed by atoms with van der Waals surface area (Å²) in [5, 5.41) is 12.2. The third-order valence-corrected chi connectivity index (χ3v) is 3.23. The highest BCUT2D eigenvalue weighted by atomic mass is 19.1. The highest BCUT2D eigenvalue weighted by Crippen LogP contribution is 2.15. The second-order valence-corrected chi connectivity index (χ2v) is 4.85. The molecule has 0 radical (unpaired) electrons. The van der Waals surface area contributed by atoms with Gasteiger partial charge in [0.2, 0.25) is 0 Å². The number of pyridine rings is 1. The van der Waals surface area contributed by atoms with E-state index in [4.69, 9.17) is 0 Å². The van der Waals surface area contributed by atoms with Crippen molar-refractivity contribution in [3.05, 3.63) is 64.7 Å². The van der Waals surface area contributed by atoms with Crippen molar-refractivity contribution in [1.29, 1.82) is 0 Å². The van der Waals surface area contributed by atoms with Crippen molar-refractivity contribution in [3.63, 3.8) is 0 Å². The van der Waals surface area contributed by atoms with E-state index >= 15 is 0 Å².